The maximum Gasteiger partial charge on any atom is 0.308 e. The van der Waals surface area contributed by atoms with Crippen LogP contribution in [-0.4, -0.2) is 24.3 Å². The fourth-order valence-corrected chi connectivity index (χ4v) is 1.58. The minimum absolute atomic E-state index is 0.0336. The SMILES string of the molecule is CC1OC2CC(=O)OC1C2. The van der Waals surface area contributed by atoms with Gasteiger partial charge in [0.2, 0.25) is 0 Å². The summed E-state index contributed by atoms with van der Waals surface area (Å²) in [5.74, 6) is -0.106. The molecule has 56 valence electrons. The van der Waals surface area contributed by atoms with Crippen molar-refractivity contribution >= 4 is 5.97 Å². The lowest BCUT2D eigenvalue weighted by molar-refractivity contribution is -0.152. The van der Waals surface area contributed by atoms with Crippen molar-refractivity contribution in [2.45, 2.75) is 38.1 Å². The molecular formula is C7H10O3. The van der Waals surface area contributed by atoms with Crippen molar-refractivity contribution in [1.82, 2.24) is 0 Å². The Balaban J connectivity index is 2.13. The molecule has 3 nitrogen and oxygen atoms in total. The van der Waals surface area contributed by atoms with Crippen LogP contribution >= 0.6 is 0 Å². The van der Waals surface area contributed by atoms with Crippen LogP contribution in [0.3, 0.4) is 0 Å². The lowest BCUT2D eigenvalue weighted by Crippen LogP contribution is -2.27. The average molecular weight is 142 g/mol. The molecule has 3 atom stereocenters. The highest BCUT2D eigenvalue weighted by atomic mass is 16.6. The van der Waals surface area contributed by atoms with Gasteiger partial charge in [-0.25, -0.2) is 0 Å². The van der Waals surface area contributed by atoms with E-state index < -0.39 is 0 Å². The van der Waals surface area contributed by atoms with Gasteiger partial charge in [-0.15, -0.1) is 0 Å². The average Bonchev–Trinajstić information content (AvgIpc) is 2.07. The van der Waals surface area contributed by atoms with Crippen molar-refractivity contribution in [2.24, 2.45) is 0 Å². The second-order valence-electron chi connectivity index (χ2n) is 2.93. The van der Waals surface area contributed by atoms with E-state index in [1.165, 1.54) is 0 Å². The van der Waals surface area contributed by atoms with Crippen molar-refractivity contribution < 1.29 is 14.3 Å². The van der Waals surface area contributed by atoms with Crippen LogP contribution in [0.1, 0.15) is 19.8 Å². The largest absolute Gasteiger partial charge is 0.459 e. The maximum absolute atomic E-state index is 10.8. The Morgan fingerprint density at radius 2 is 2.40 bits per heavy atom. The predicted molar refractivity (Wildman–Crippen MR) is 33.4 cm³/mol. The zero-order chi connectivity index (χ0) is 7.14. The molecule has 3 unspecified atom stereocenters. The van der Waals surface area contributed by atoms with Gasteiger partial charge in [-0.1, -0.05) is 0 Å². The molecule has 0 aromatic rings. The number of hydrogen-bond donors (Lipinski definition) is 0. The van der Waals surface area contributed by atoms with Gasteiger partial charge in [-0.2, -0.15) is 0 Å². The third-order valence-corrected chi connectivity index (χ3v) is 2.10. The molecule has 10 heavy (non-hydrogen) atoms. The minimum Gasteiger partial charge on any atom is -0.459 e. The van der Waals surface area contributed by atoms with E-state index in [-0.39, 0.29) is 24.3 Å². The molecule has 0 N–H and O–H groups in total. The second-order valence-corrected chi connectivity index (χ2v) is 2.93. The number of ether oxygens (including phenoxy) is 2. The van der Waals surface area contributed by atoms with Gasteiger partial charge in [-0.05, 0) is 6.92 Å². The molecule has 2 rings (SSSR count). The summed E-state index contributed by atoms with van der Waals surface area (Å²) < 4.78 is 10.4. The first-order valence-electron chi connectivity index (χ1n) is 3.60. The van der Waals surface area contributed by atoms with E-state index in [4.69, 9.17) is 9.47 Å². The molecule has 2 fully saturated rings. The van der Waals surface area contributed by atoms with Crippen LogP contribution in [0.2, 0.25) is 0 Å². The Morgan fingerprint density at radius 1 is 1.60 bits per heavy atom. The second kappa shape index (κ2) is 1.95. The summed E-state index contributed by atoms with van der Waals surface area (Å²) in [6, 6.07) is 0. The summed E-state index contributed by atoms with van der Waals surface area (Å²) in [5, 5.41) is 0. The molecule has 0 spiro atoms. The maximum atomic E-state index is 10.8. The van der Waals surface area contributed by atoms with Gasteiger partial charge in [0.1, 0.15) is 6.10 Å². The number of hydrogen-bond acceptors (Lipinski definition) is 3. The molecule has 0 aromatic heterocycles. The van der Waals surface area contributed by atoms with E-state index >= 15 is 0 Å². The third kappa shape index (κ3) is 0.814. The number of fused-ring (bicyclic) bond motifs is 2. The fraction of sp³-hybridized carbons (Fsp3) is 0.857. The molecule has 0 saturated carbocycles. The highest BCUT2D eigenvalue weighted by Crippen LogP contribution is 2.29. The molecule has 0 aromatic carbocycles. The highest BCUT2D eigenvalue weighted by molar-refractivity contribution is 5.71. The Morgan fingerprint density at radius 3 is 3.10 bits per heavy atom. The fourth-order valence-electron chi connectivity index (χ4n) is 1.58. The van der Waals surface area contributed by atoms with Gasteiger partial charge >= 0.3 is 5.97 Å². The lowest BCUT2D eigenvalue weighted by atomic mass is 10.1. The standard InChI is InChI=1S/C7H10O3/c1-4-6-2-5(9-4)3-7(8)10-6/h4-6H,2-3H2,1H3. The van der Waals surface area contributed by atoms with Crippen molar-refractivity contribution in [3.63, 3.8) is 0 Å². The summed E-state index contributed by atoms with van der Waals surface area (Å²) in [6.45, 7) is 1.95. The van der Waals surface area contributed by atoms with Gasteiger partial charge in [-0.3, -0.25) is 4.79 Å². The summed E-state index contributed by atoms with van der Waals surface area (Å²) >= 11 is 0. The molecule has 3 heteroatoms. The summed E-state index contributed by atoms with van der Waals surface area (Å²) in [5.41, 5.74) is 0. The molecule has 0 amide bonds. The van der Waals surface area contributed by atoms with E-state index in [0.717, 1.165) is 6.42 Å². The van der Waals surface area contributed by atoms with Crippen LogP contribution in [0.25, 0.3) is 0 Å². The van der Waals surface area contributed by atoms with Gasteiger partial charge in [0, 0.05) is 6.42 Å². The minimum atomic E-state index is -0.106. The van der Waals surface area contributed by atoms with Crippen LogP contribution in [0.4, 0.5) is 0 Å². The summed E-state index contributed by atoms with van der Waals surface area (Å²) in [6.07, 6.45) is 1.62. The number of rotatable bonds is 0. The first kappa shape index (κ1) is 6.16. The number of esters is 1. The topological polar surface area (TPSA) is 35.5 Å². The van der Waals surface area contributed by atoms with E-state index in [2.05, 4.69) is 0 Å². The van der Waals surface area contributed by atoms with Crippen molar-refractivity contribution in [2.75, 3.05) is 0 Å². The smallest absolute Gasteiger partial charge is 0.308 e. The predicted octanol–water partition coefficient (Wildman–Crippen LogP) is 0.479. The van der Waals surface area contributed by atoms with Crippen LogP contribution in [-0.2, 0) is 14.3 Å². The Kier molecular flexibility index (Phi) is 1.20. The summed E-state index contributed by atoms with van der Waals surface area (Å²) in [4.78, 5) is 10.8. The Labute approximate surface area is 59.3 Å². The molecule has 2 heterocycles. The zero-order valence-electron chi connectivity index (χ0n) is 5.87. The normalized spacial score (nSPS) is 45.3. The van der Waals surface area contributed by atoms with Gasteiger partial charge in [0.25, 0.3) is 0 Å². The van der Waals surface area contributed by atoms with E-state index in [0.29, 0.717) is 6.42 Å². The van der Waals surface area contributed by atoms with Crippen molar-refractivity contribution in [3.05, 3.63) is 0 Å². The summed E-state index contributed by atoms with van der Waals surface area (Å²) in [7, 11) is 0. The van der Waals surface area contributed by atoms with Crippen LogP contribution < -0.4 is 0 Å². The van der Waals surface area contributed by atoms with Gasteiger partial charge in [0.05, 0.1) is 18.6 Å². The zero-order valence-corrected chi connectivity index (χ0v) is 5.87. The first-order valence-corrected chi connectivity index (χ1v) is 3.60. The van der Waals surface area contributed by atoms with Crippen molar-refractivity contribution in [1.29, 1.82) is 0 Å². The number of carbonyl (C=O) groups is 1. The van der Waals surface area contributed by atoms with E-state index in [1.54, 1.807) is 0 Å². The Bertz CT molecular complexity index is 164. The highest BCUT2D eigenvalue weighted by Gasteiger charge is 2.40. The van der Waals surface area contributed by atoms with E-state index in [9.17, 15) is 4.79 Å². The van der Waals surface area contributed by atoms with Crippen molar-refractivity contribution in [3.8, 4) is 0 Å². The van der Waals surface area contributed by atoms with E-state index in [1.807, 2.05) is 6.92 Å². The molecular weight excluding hydrogens is 132 g/mol. The molecule has 2 aliphatic heterocycles. The van der Waals surface area contributed by atoms with Crippen LogP contribution in [0, 0.1) is 0 Å². The monoisotopic (exact) mass is 142 g/mol. The van der Waals surface area contributed by atoms with Crippen LogP contribution in [0.15, 0.2) is 0 Å². The Hall–Kier alpha value is -0.570. The molecule has 0 aliphatic carbocycles. The van der Waals surface area contributed by atoms with Gasteiger partial charge in [0.15, 0.2) is 0 Å². The van der Waals surface area contributed by atoms with Crippen LogP contribution in [0.5, 0.6) is 0 Å². The number of carbonyl (C=O) groups excluding carboxylic acids is 1. The molecule has 2 bridgehead atoms. The third-order valence-electron chi connectivity index (χ3n) is 2.10. The lowest BCUT2D eigenvalue weighted by Gasteiger charge is -2.16. The molecule has 2 saturated heterocycles. The first-order chi connectivity index (χ1) is 4.75. The quantitative estimate of drug-likeness (QED) is 0.461. The van der Waals surface area contributed by atoms with Gasteiger partial charge < -0.3 is 9.47 Å². The molecule has 2 aliphatic rings. The molecule has 0 radical (unpaired) electrons.